The van der Waals surface area contributed by atoms with Gasteiger partial charge in [0.25, 0.3) is 5.69 Å². The van der Waals surface area contributed by atoms with Crippen LogP contribution < -0.4 is 4.74 Å². The van der Waals surface area contributed by atoms with Gasteiger partial charge in [0.05, 0.1) is 17.6 Å². The van der Waals surface area contributed by atoms with E-state index >= 15 is 0 Å². The molecule has 0 fully saturated rings. The largest absolute Gasteiger partial charge is 0.496 e. The van der Waals surface area contributed by atoms with Crippen molar-refractivity contribution in [3.63, 3.8) is 0 Å². The maximum atomic E-state index is 10.9. The minimum absolute atomic E-state index is 0.0846. The summed E-state index contributed by atoms with van der Waals surface area (Å²) in [5.74, 6) is 0.647. The van der Waals surface area contributed by atoms with Crippen LogP contribution in [-0.2, 0) is 0 Å². The van der Waals surface area contributed by atoms with E-state index in [0.29, 0.717) is 11.3 Å². The molecular weight excluding hydrogens is 220 g/mol. The highest BCUT2D eigenvalue weighted by molar-refractivity contribution is 5.64. The maximum Gasteiger partial charge on any atom is 0.277 e. The van der Waals surface area contributed by atoms with Crippen LogP contribution >= 0.6 is 0 Å². The Hall–Kier alpha value is -2.04. The predicted octanol–water partition coefficient (Wildman–Crippen LogP) is 2.44. The van der Waals surface area contributed by atoms with Gasteiger partial charge in [0, 0.05) is 20.2 Å². The number of nitro benzene ring substituents is 1. The second-order valence-corrected chi connectivity index (χ2v) is 3.92. The van der Waals surface area contributed by atoms with Crippen LogP contribution in [-0.4, -0.2) is 31.0 Å². The minimum Gasteiger partial charge on any atom is -0.496 e. The molecule has 0 saturated carbocycles. The van der Waals surface area contributed by atoms with Crippen molar-refractivity contribution in [1.29, 1.82) is 0 Å². The molecule has 92 valence electrons. The second kappa shape index (κ2) is 5.34. The minimum atomic E-state index is -0.387. The number of hydrogen-bond donors (Lipinski definition) is 0. The molecule has 1 aromatic carbocycles. The summed E-state index contributed by atoms with van der Waals surface area (Å²) in [6.07, 6.45) is 3.46. The zero-order valence-electron chi connectivity index (χ0n) is 10.4. The Morgan fingerprint density at radius 3 is 2.53 bits per heavy atom. The Balaban J connectivity index is 3.29. The fraction of sp³-hybridized carbons (Fsp3) is 0.333. The fourth-order valence-corrected chi connectivity index (χ4v) is 1.43. The first kappa shape index (κ1) is 13.0. The molecule has 0 aliphatic heterocycles. The van der Waals surface area contributed by atoms with E-state index < -0.39 is 0 Å². The lowest BCUT2D eigenvalue weighted by Crippen LogP contribution is -2.01. The average molecular weight is 236 g/mol. The molecule has 0 N–H and O–H groups in total. The molecule has 0 spiro atoms. The predicted molar refractivity (Wildman–Crippen MR) is 67.1 cm³/mol. The highest BCUT2D eigenvalue weighted by atomic mass is 16.6. The number of aryl methyl sites for hydroxylation is 1. The number of ether oxygens (including phenoxy) is 1. The lowest BCUT2D eigenvalue weighted by molar-refractivity contribution is -0.385. The molecule has 5 heteroatoms. The molecule has 0 radical (unpaired) electrons. The number of benzene rings is 1. The summed E-state index contributed by atoms with van der Waals surface area (Å²) in [6.45, 7) is 1.78. The van der Waals surface area contributed by atoms with Crippen LogP contribution in [0.3, 0.4) is 0 Å². The summed E-state index contributed by atoms with van der Waals surface area (Å²) >= 11 is 0. The molecule has 0 heterocycles. The summed E-state index contributed by atoms with van der Waals surface area (Å²) in [5, 5.41) is 10.9. The van der Waals surface area contributed by atoms with E-state index in [0.717, 1.165) is 5.56 Å². The molecule has 0 unspecified atom stereocenters. The monoisotopic (exact) mass is 236 g/mol. The van der Waals surface area contributed by atoms with Crippen molar-refractivity contribution in [3.8, 4) is 5.75 Å². The van der Waals surface area contributed by atoms with Gasteiger partial charge in [-0.05, 0) is 30.8 Å². The second-order valence-electron chi connectivity index (χ2n) is 3.92. The third-order valence-electron chi connectivity index (χ3n) is 2.29. The molecule has 0 aliphatic rings. The first-order valence-electron chi connectivity index (χ1n) is 5.13. The van der Waals surface area contributed by atoms with Gasteiger partial charge in [-0.25, -0.2) is 0 Å². The van der Waals surface area contributed by atoms with E-state index in [1.54, 1.807) is 32.4 Å². The van der Waals surface area contributed by atoms with Crippen molar-refractivity contribution in [2.45, 2.75) is 6.92 Å². The topological polar surface area (TPSA) is 55.6 Å². The first-order chi connectivity index (χ1) is 7.95. The molecule has 5 nitrogen and oxygen atoms in total. The van der Waals surface area contributed by atoms with Crippen molar-refractivity contribution in [2.24, 2.45) is 0 Å². The zero-order chi connectivity index (χ0) is 13.0. The third-order valence-corrected chi connectivity index (χ3v) is 2.29. The lowest BCUT2D eigenvalue weighted by atomic mass is 10.1. The number of rotatable bonds is 4. The molecule has 0 aromatic heterocycles. The SMILES string of the molecule is COc1cc(C=CN(C)C)c([N+](=O)[O-])cc1C. The fourth-order valence-electron chi connectivity index (χ4n) is 1.43. The standard InChI is InChI=1S/C12H16N2O3/c1-9-7-11(14(15)16)10(5-6-13(2)3)8-12(9)17-4/h5-8H,1-4H3. The number of nitrogens with zero attached hydrogens (tertiary/aromatic N) is 2. The van der Waals surface area contributed by atoms with Gasteiger partial charge < -0.3 is 9.64 Å². The van der Waals surface area contributed by atoms with E-state index in [2.05, 4.69) is 0 Å². The number of methoxy groups -OCH3 is 1. The summed E-state index contributed by atoms with van der Waals surface area (Å²) < 4.78 is 5.16. The van der Waals surface area contributed by atoms with Crippen molar-refractivity contribution >= 4 is 11.8 Å². The molecule has 0 aliphatic carbocycles. The molecule has 0 saturated heterocycles. The summed E-state index contributed by atoms with van der Waals surface area (Å²) in [4.78, 5) is 12.4. The van der Waals surface area contributed by atoms with Gasteiger partial charge in [-0.15, -0.1) is 0 Å². The van der Waals surface area contributed by atoms with Crippen LogP contribution in [0.5, 0.6) is 5.75 Å². The molecule has 0 bridgehead atoms. The van der Waals surface area contributed by atoms with E-state index in [1.165, 1.54) is 6.07 Å². The van der Waals surface area contributed by atoms with Crippen LogP contribution in [0.25, 0.3) is 6.08 Å². The number of nitro groups is 1. The Kier molecular flexibility index (Phi) is 4.09. The highest BCUT2D eigenvalue weighted by Crippen LogP contribution is 2.29. The number of hydrogen-bond acceptors (Lipinski definition) is 4. The van der Waals surface area contributed by atoms with Gasteiger partial charge in [0.1, 0.15) is 5.75 Å². The van der Waals surface area contributed by atoms with E-state index in [9.17, 15) is 10.1 Å². The van der Waals surface area contributed by atoms with Crippen LogP contribution in [0.2, 0.25) is 0 Å². The molecule has 1 aromatic rings. The van der Waals surface area contributed by atoms with E-state index in [4.69, 9.17) is 4.74 Å². The van der Waals surface area contributed by atoms with Crippen molar-refractivity contribution in [2.75, 3.05) is 21.2 Å². The van der Waals surface area contributed by atoms with Crippen LogP contribution in [0.4, 0.5) is 5.69 Å². The van der Waals surface area contributed by atoms with Gasteiger partial charge in [-0.1, -0.05) is 0 Å². The van der Waals surface area contributed by atoms with E-state index in [-0.39, 0.29) is 10.6 Å². The Morgan fingerprint density at radius 2 is 2.06 bits per heavy atom. The van der Waals surface area contributed by atoms with Gasteiger partial charge in [0.2, 0.25) is 0 Å². The van der Waals surface area contributed by atoms with Crippen molar-refractivity contribution in [1.82, 2.24) is 4.90 Å². The highest BCUT2D eigenvalue weighted by Gasteiger charge is 2.14. The van der Waals surface area contributed by atoms with Crippen molar-refractivity contribution in [3.05, 3.63) is 39.6 Å². The molecule has 0 atom stereocenters. The smallest absolute Gasteiger partial charge is 0.277 e. The van der Waals surface area contributed by atoms with Crippen LogP contribution in [0.15, 0.2) is 18.3 Å². The first-order valence-corrected chi connectivity index (χ1v) is 5.13. The average Bonchev–Trinajstić information content (AvgIpc) is 2.26. The molecule has 17 heavy (non-hydrogen) atoms. The zero-order valence-corrected chi connectivity index (χ0v) is 10.4. The van der Waals surface area contributed by atoms with Gasteiger partial charge in [0.15, 0.2) is 0 Å². The summed E-state index contributed by atoms with van der Waals surface area (Å²) in [5.41, 5.74) is 1.37. The van der Waals surface area contributed by atoms with Crippen molar-refractivity contribution < 1.29 is 9.66 Å². The summed E-state index contributed by atoms with van der Waals surface area (Å²) in [7, 11) is 5.26. The molecular formula is C12H16N2O3. The quantitative estimate of drug-likeness (QED) is 0.595. The Morgan fingerprint density at radius 1 is 1.41 bits per heavy atom. The van der Waals surface area contributed by atoms with Gasteiger partial charge >= 0.3 is 0 Å². The van der Waals surface area contributed by atoms with E-state index in [1.807, 2.05) is 19.0 Å². The normalized spacial score (nSPS) is 10.6. The Bertz CT molecular complexity index is 453. The van der Waals surface area contributed by atoms with Crippen LogP contribution in [0.1, 0.15) is 11.1 Å². The summed E-state index contributed by atoms with van der Waals surface area (Å²) in [6, 6.07) is 3.20. The third kappa shape index (κ3) is 3.21. The van der Waals surface area contributed by atoms with Gasteiger partial charge in [-0.3, -0.25) is 10.1 Å². The Labute approximate surface area is 100 Å². The maximum absolute atomic E-state index is 10.9. The van der Waals surface area contributed by atoms with Crippen LogP contribution in [0, 0.1) is 17.0 Å². The van der Waals surface area contributed by atoms with Gasteiger partial charge in [-0.2, -0.15) is 0 Å². The molecule has 0 amide bonds. The molecule has 1 rings (SSSR count). The lowest BCUT2D eigenvalue weighted by Gasteiger charge is -2.08.